The Morgan fingerprint density at radius 2 is 2.17 bits per heavy atom. The number of carbonyl (C=O) groups excluding carboxylic acids is 1. The third-order valence-corrected chi connectivity index (χ3v) is 4.38. The van der Waals surface area contributed by atoms with E-state index in [9.17, 15) is 4.79 Å². The summed E-state index contributed by atoms with van der Waals surface area (Å²) in [6, 6.07) is 4.10. The van der Waals surface area contributed by atoms with Gasteiger partial charge in [0.2, 0.25) is 0 Å². The van der Waals surface area contributed by atoms with Gasteiger partial charge in [0.25, 0.3) is 0 Å². The van der Waals surface area contributed by atoms with Gasteiger partial charge in [-0.25, -0.2) is 9.78 Å². The molecule has 1 aliphatic heterocycles. The number of carbonyl (C=O) groups is 1. The van der Waals surface area contributed by atoms with Gasteiger partial charge in [-0.15, -0.1) is 0 Å². The number of nitrogens with zero attached hydrogens (tertiary/aromatic N) is 2. The zero-order chi connectivity index (χ0) is 17.6. The number of halogens is 1. The molecular weight excluding hydrogens is 372 g/mol. The van der Waals surface area contributed by atoms with Crippen molar-refractivity contribution in [1.82, 2.24) is 9.88 Å². The second kappa shape index (κ2) is 8.81. The molecule has 5 nitrogen and oxygen atoms in total. The average Bonchev–Trinajstić information content (AvgIpc) is 2.52. The standard InChI is InChI=1S/C18H27BrN2O3/c1-18(2,3)24-17(22)21-10-5-4-6-15(21)9-11-23-13-14-7-8-16(19)20-12-14/h7-8,12,15H,4-6,9-11,13H2,1-3H3/t15-/m1/s1. The number of ether oxygens (including phenoxy) is 2. The van der Waals surface area contributed by atoms with Crippen molar-refractivity contribution in [2.45, 2.75) is 64.7 Å². The minimum absolute atomic E-state index is 0.204. The number of pyridine rings is 1. The van der Waals surface area contributed by atoms with E-state index in [0.717, 1.165) is 42.4 Å². The summed E-state index contributed by atoms with van der Waals surface area (Å²) >= 11 is 3.32. The smallest absolute Gasteiger partial charge is 0.410 e. The van der Waals surface area contributed by atoms with E-state index in [1.807, 2.05) is 37.8 Å². The van der Waals surface area contributed by atoms with Crippen molar-refractivity contribution in [1.29, 1.82) is 0 Å². The van der Waals surface area contributed by atoms with Crippen LogP contribution in [0.5, 0.6) is 0 Å². The summed E-state index contributed by atoms with van der Waals surface area (Å²) in [4.78, 5) is 18.4. The van der Waals surface area contributed by atoms with Gasteiger partial charge in [-0.05, 0) is 74.0 Å². The summed E-state index contributed by atoms with van der Waals surface area (Å²) in [7, 11) is 0. The van der Waals surface area contributed by atoms with Gasteiger partial charge in [0.05, 0.1) is 6.61 Å². The SMILES string of the molecule is CC(C)(C)OC(=O)N1CCCC[C@@H]1CCOCc1ccc(Br)nc1. The molecule has 0 aliphatic carbocycles. The fourth-order valence-electron chi connectivity index (χ4n) is 2.76. The number of rotatable bonds is 5. The number of aromatic nitrogens is 1. The summed E-state index contributed by atoms with van der Waals surface area (Å²) in [6.45, 7) is 7.65. The van der Waals surface area contributed by atoms with Crippen LogP contribution in [-0.2, 0) is 16.1 Å². The molecule has 0 unspecified atom stereocenters. The second-order valence-corrected chi connectivity index (χ2v) is 7.97. The number of piperidine rings is 1. The Morgan fingerprint density at radius 3 is 2.83 bits per heavy atom. The topological polar surface area (TPSA) is 51.7 Å². The van der Waals surface area contributed by atoms with E-state index < -0.39 is 5.60 Å². The van der Waals surface area contributed by atoms with E-state index in [2.05, 4.69) is 20.9 Å². The van der Waals surface area contributed by atoms with E-state index in [-0.39, 0.29) is 12.1 Å². The molecule has 6 heteroatoms. The lowest BCUT2D eigenvalue weighted by molar-refractivity contribution is 0.00378. The monoisotopic (exact) mass is 398 g/mol. The molecular formula is C18H27BrN2O3. The number of amides is 1. The van der Waals surface area contributed by atoms with E-state index in [4.69, 9.17) is 9.47 Å². The third kappa shape index (κ3) is 6.40. The van der Waals surface area contributed by atoms with Crippen molar-refractivity contribution >= 4 is 22.0 Å². The first-order valence-electron chi connectivity index (χ1n) is 8.53. The quantitative estimate of drug-likeness (QED) is 0.539. The van der Waals surface area contributed by atoms with Crippen LogP contribution in [0, 0.1) is 0 Å². The summed E-state index contributed by atoms with van der Waals surface area (Å²) in [6.07, 6.45) is 5.65. The van der Waals surface area contributed by atoms with Crippen LogP contribution in [0.25, 0.3) is 0 Å². The minimum Gasteiger partial charge on any atom is -0.444 e. The lowest BCUT2D eigenvalue weighted by Gasteiger charge is -2.36. The van der Waals surface area contributed by atoms with Gasteiger partial charge in [0.1, 0.15) is 10.2 Å². The summed E-state index contributed by atoms with van der Waals surface area (Å²) in [5.41, 5.74) is 0.593. The Labute approximate surface area is 152 Å². The number of hydrogen-bond acceptors (Lipinski definition) is 4. The Balaban J connectivity index is 1.78. The van der Waals surface area contributed by atoms with E-state index in [0.29, 0.717) is 13.2 Å². The molecule has 1 saturated heterocycles. The zero-order valence-electron chi connectivity index (χ0n) is 14.8. The van der Waals surface area contributed by atoms with Gasteiger partial charge in [0, 0.05) is 25.4 Å². The van der Waals surface area contributed by atoms with Gasteiger partial charge < -0.3 is 14.4 Å². The van der Waals surface area contributed by atoms with Gasteiger partial charge in [-0.1, -0.05) is 6.07 Å². The first-order chi connectivity index (χ1) is 11.3. The molecule has 2 rings (SSSR count). The Kier molecular flexibility index (Phi) is 7.04. The van der Waals surface area contributed by atoms with Crippen molar-refractivity contribution in [3.63, 3.8) is 0 Å². The Bertz CT molecular complexity index is 528. The molecule has 2 heterocycles. The molecule has 0 saturated carbocycles. The minimum atomic E-state index is -0.454. The van der Waals surface area contributed by atoms with Crippen LogP contribution in [0.3, 0.4) is 0 Å². The summed E-state index contributed by atoms with van der Waals surface area (Å²) < 4.78 is 12.1. The molecule has 1 amide bonds. The van der Waals surface area contributed by atoms with Gasteiger partial charge >= 0.3 is 6.09 Å². The first kappa shape index (κ1) is 19.2. The fraction of sp³-hybridized carbons (Fsp3) is 0.667. The van der Waals surface area contributed by atoms with Crippen molar-refractivity contribution in [2.24, 2.45) is 0 Å². The largest absolute Gasteiger partial charge is 0.444 e. The van der Waals surface area contributed by atoms with E-state index in [1.165, 1.54) is 0 Å². The maximum atomic E-state index is 12.4. The van der Waals surface area contributed by atoms with Crippen LogP contribution in [0.4, 0.5) is 4.79 Å². The highest BCUT2D eigenvalue weighted by Gasteiger charge is 2.30. The third-order valence-electron chi connectivity index (χ3n) is 3.91. The van der Waals surface area contributed by atoms with Crippen molar-refractivity contribution in [3.05, 3.63) is 28.5 Å². The highest BCUT2D eigenvalue weighted by atomic mass is 79.9. The predicted octanol–water partition coefficient (Wildman–Crippen LogP) is 4.54. The second-order valence-electron chi connectivity index (χ2n) is 7.15. The normalized spacial score (nSPS) is 18.5. The highest BCUT2D eigenvalue weighted by Crippen LogP contribution is 2.22. The fourth-order valence-corrected chi connectivity index (χ4v) is 3.00. The van der Waals surface area contributed by atoms with Crippen LogP contribution < -0.4 is 0 Å². The molecule has 0 spiro atoms. The van der Waals surface area contributed by atoms with Crippen LogP contribution in [0.2, 0.25) is 0 Å². The molecule has 1 aromatic rings. The lowest BCUT2D eigenvalue weighted by atomic mass is 10.0. The molecule has 0 N–H and O–H groups in total. The highest BCUT2D eigenvalue weighted by molar-refractivity contribution is 9.10. The first-order valence-corrected chi connectivity index (χ1v) is 9.32. The molecule has 134 valence electrons. The van der Waals surface area contributed by atoms with Crippen molar-refractivity contribution in [2.75, 3.05) is 13.2 Å². The van der Waals surface area contributed by atoms with Gasteiger partial charge in [-0.2, -0.15) is 0 Å². The molecule has 0 radical (unpaired) electrons. The molecule has 0 bridgehead atoms. The predicted molar refractivity (Wildman–Crippen MR) is 96.8 cm³/mol. The van der Waals surface area contributed by atoms with Crippen LogP contribution >= 0.6 is 15.9 Å². The number of hydrogen-bond donors (Lipinski definition) is 0. The maximum Gasteiger partial charge on any atom is 0.410 e. The molecule has 1 atom stereocenters. The van der Waals surface area contributed by atoms with Crippen molar-refractivity contribution < 1.29 is 14.3 Å². The van der Waals surface area contributed by atoms with Gasteiger partial charge in [0.15, 0.2) is 0 Å². The van der Waals surface area contributed by atoms with Crippen LogP contribution in [0.1, 0.15) is 52.0 Å². The summed E-state index contributed by atoms with van der Waals surface area (Å²) in [5, 5.41) is 0. The van der Waals surface area contributed by atoms with Gasteiger partial charge in [-0.3, -0.25) is 0 Å². The van der Waals surface area contributed by atoms with Crippen LogP contribution in [0.15, 0.2) is 22.9 Å². The Hall–Kier alpha value is -1.14. The van der Waals surface area contributed by atoms with E-state index in [1.54, 1.807) is 6.20 Å². The molecule has 1 fully saturated rings. The number of likely N-dealkylation sites (tertiary alicyclic amines) is 1. The molecule has 24 heavy (non-hydrogen) atoms. The van der Waals surface area contributed by atoms with Crippen LogP contribution in [-0.4, -0.2) is 40.8 Å². The maximum absolute atomic E-state index is 12.4. The zero-order valence-corrected chi connectivity index (χ0v) is 16.3. The Morgan fingerprint density at radius 1 is 1.38 bits per heavy atom. The molecule has 1 aromatic heterocycles. The summed E-state index contributed by atoms with van der Waals surface area (Å²) in [5.74, 6) is 0. The average molecular weight is 399 g/mol. The van der Waals surface area contributed by atoms with E-state index >= 15 is 0 Å². The molecule has 0 aromatic carbocycles. The van der Waals surface area contributed by atoms with Crippen molar-refractivity contribution in [3.8, 4) is 0 Å². The molecule has 1 aliphatic rings. The lowest BCUT2D eigenvalue weighted by Crippen LogP contribution is -2.46.